The first-order valence-electron chi connectivity index (χ1n) is 3.33. The second-order valence-corrected chi connectivity index (χ2v) is 3.90. The summed E-state index contributed by atoms with van der Waals surface area (Å²) in [5, 5.41) is -0.326. The minimum Gasteiger partial charge on any atom is -0.249 e. The van der Waals surface area contributed by atoms with E-state index >= 15 is 0 Å². The van der Waals surface area contributed by atoms with E-state index in [-0.39, 0.29) is 9.92 Å². The third kappa shape index (κ3) is 2.27. The maximum Gasteiger partial charge on any atom is 0.434 e. The summed E-state index contributed by atoms with van der Waals surface area (Å²) >= 11 is 12.2. The number of aromatic nitrogens is 1. The molecule has 1 aromatic rings. The largest absolute Gasteiger partial charge is 0.434 e. The highest BCUT2D eigenvalue weighted by Crippen LogP contribution is 2.40. The van der Waals surface area contributed by atoms with E-state index in [4.69, 9.17) is 23.2 Å². The second kappa shape index (κ2) is 4.16. The Labute approximate surface area is 92.6 Å². The molecule has 0 atom stereocenters. The summed E-state index contributed by atoms with van der Waals surface area (Å²) < 4.78 is 36.9. The molecular formula is C7H4Cl2F3NS. The van der Waals surface area contributed by atoms with Crippen molar-refractivity contribution in [3.63, 3.8) is 0 Å². The highest BCUT2D eigenvalue weighted by molar-refractivity contribution is 7.98. The van der Waals surface area contributed by atoms with Crippen molar-refractivity contribution in [3.05, 3.63) is 21.9 Å². The summed E-state index contributed by atoms with van der Waals surface area (Å²) in [5.41, 5.74) is -1.10. The molecule has 0 fully saturated rings. The summed E-state index contributed by atoms with van der Waals surface area (Å²) in [6.07, 6.45) is -2.01. The van der Waals surface area contributed by atoms with Gasteiger partial charge in [0.1, 0.15) is 0 Å². The molecule has 0 aliphatic carbocycles. The normalized spacial score (nSPS) is 11.9. The molecule has 14 heavy (non-hydrogen) atoms. The van der Waals surface area contributed by atoms with Gasteiger partial charge in [-0.15, -0.1) is 11.8 Å². The van der Waals surface area contributed by atoms with Crippen molar-refractivity contribution in [1.82, 2.24) is 4.98 Å². The molecule has 1 aromatic heterocycles. The molecule has 0 aromatic carbocycles. The highest BCUT2D eigenvalue weighted by Gasteiger charge is 2.36. The van der Waals surface area contributed by atoms with E-state index in [0.29, 0.717) is 0 Å². The lowest BCUT2D eigenvalue weighted by atomic mass is 10.3. The number of pyridine rings is 1. The minimum absolute atomic E-state index is 0.121. The zero-order valence-corrected chi connectivity index (χ0v) is 9.15. The fourth-order valence-electron chi connectivity index (χ4n) is 0.834. The Bertz CT molecular complexity index is 354. The first-order valence-corrected chi connectivity index (χ1v) is 5.31. The summed E-state index contributed by atoms with van der Waals surface area (Å²) in [6.45, 7) is 0. The number of halogens is 5. The lowest BCUT2D eigenvalue weighted by Gasteiger charge is -2.10. The van der Waals surface area contributed by atoms with Crippen LogP contribution in [-0.4, -0.2) is 11.2 Å². The Hall–Kier alpha value is -0.130. The van der Waals surface area contributed by atoms with E-state index in [1.54, 1.807) is 6.26 Å². The van der Waals surface area contributed by atoms with Gasteiger partial charge in [0.25, 0.3) is 0 Å². The van der Waals surface area contributed by atoms with Crippen molar-refractivity contribution >= 4 is 35.0 Å². The lowest BCUT2D eigenvalue weighted by Crippen LogP contribution is -2.09. The Morgan fingerprint density at radius 2 is 1.93 bits per heavy atom. The monoisotopic (exact) mass is 261 g/mol. The van der Waals surface area contributed by atoms with E-state index in [9.17, 15) is 13.2 Å². The van der Waals surface area contributed by atoms with Gasteiger partial charge in [0, 0.05) is 11.1 Å². The van der Waals surface area contributed by atoms with Gasteiger partial charge in [-0.2, -0.15) is 13.2 Å². The fourth-order valence-corrected chi connectivity index (χ4v) is 2.27. The summed E-state index contributed by atoms with van der Waals surface area (Å²) in [5.74, 6) is 0. The van der Waals surface area contributed by atoms with Gasteiger partial charge in [0.2, 0.25) is 0 Å². The van der Waals surface area contributed by atoms with Gasteiger partial charge in [-0.25, -0.2) is 4.98 Å². The van der Waals surface area contributed by atoms with Crippen molar-refractivity contribution in [1.29, 1.82) is 0 Å². The molecule has 78 valence electrons. The molecule has 1 heterocycles. The first kappa shape index (κ1) is 11.9. The molecule has 0 radical (unpaired) electrons. The molecule has 0 bridgehead atoms. The van der Waals surface area contributed by atoms with E-state index < -0.39 is 16.9 Å². The standard InChI is InChI=1S/C7H4Cl2F3NS/c1-14-5-3(8)2-13-6(4(5)9)7(10,11)12/h2H,1H3. The average molecular weight is 262 g/mol. The summed E-state index contributed by atoms with van der Waals surface area (Å²) in [6, 6.07) is 0. The van der Waals surface area contributed by atoms with Crippen LogP contribution in [0.2, 0.25) is 10.0 Å². The predicted molar refractivity (Wildman–Crippen MR) is 51.0 cm³/mol. The third-order valence-corrected chi connectivity index (χ3v) is 3.11. The Kier molecular flexibility index (Phi) is 3.55. The molecule has 0 aliphatic rings. The second-order valence-electron chi connectivity index (χ2n) is 2.30. The Morgan fingerprint density at radius 3 is 2.36 bits per heavy atom. The number of rotatable bonds is 1. The quantitative estimate of drug-likeness (QED) is 0.706. The average Bonchev–Trinajstić information content (AvgIpc) is 2.02. The van der Waals surface area contributed by atoms with Crippen molar-refractivity contribution in [2.75, 3.05) is 6.26 Å². The third-order valence-electron chi connectivity index (χ3n) is 1.40. The zero-order chi connectivity index (χ0) is 10.9. The first-order chi connectivity index (χ1) is 6.38. The van der Waals surface area contributed by atoms with Crippen LogP contribution in [0.15, 0.2) is 11.1 Å². The molecule has 0 N–H and O–H groups in total. The van der Waals surface area contributed by atoms with Gasteiger partial charge in [-0.3, -0.25) is 0 Å². The molecule has 0 spiro atoms. The highest BCUT2D eigenvalue weighted by atomic mass is 35.5. The Balaban J connectivity index is 3.36. The van der Waals surface area contributed by atoms with Crippen LogP contribution in [0.1, 0.15) is 5.69 Å². The van der Waals surface area contributed by atoms with E-state index in [2.05, 4.69) is 4.98 Å². The predicted octanol–water partition coefficient (Wildman–Crippen LogP) is 4.13. The number of hydrogen-bond acceptors (Lipinski definition) is 2. The van der Waals surface area contributed by atoms with Crippen molar-refractivity contribution in [2.45, 2.75) is 11.1 Å². The molecule has 0 unspecified atom stereocenters. The lowest BCUT2D eigenvalue weighted by molar-refractivity contribution is -0.141. The van der Waals surface area contributed by atoms with Crippen LogP contribution in [0, 0.1) is 0 Å². The van der Waals surface area contributed by atoms with Crippen molar-refractivity contribution in [2.24, 2.45) is 0 Å². The summed E-state index contributed by atoms with van der Waals surface area (Å²) in [4.78, 5) is 3.35. The van der Waals surface area contributed by atoms with Crippen molar-refractivity contribution in [3.8, 4) is 0 Å². The maximum atomic E-state index is 12.3. The molecule has 1 rings (SSSR count). The fraction of sp³-hybridized carbons (Fsp3) is 0.286. The van der Waals surface area contributed by atoms with Gasteiger partial charge >= 0.3 is 6.18 Å². The van der Waals surface area contributed by atoms with Gasteiger partial charge in [-0.05, 0) is 6.26 Å². The van der Waals surface area contributed by atoms with Crippen LogP contribution < -0.4 is 0 Å². The molecule has 0 saturated carbocycles. The van der Waals surface area contributed by atoms with E-state index in [1.807, 2.05) is 0 Å². The van der Waals surface area contributed by atoms with Crippen LogP contribution in [0.25, 0.3) is 0 Å². The SMILES string of the molecule is CSc1c(Cl)cnc(C(F)(F)F)c1Cl. The molecule has 0 amide bonds. The molecule has 1 nitrogen and oxygen atoms in total. The molecule has 0 saturated heterocycles. The van der Waals surface area contributed by atoms with Crippen molar-refractivity contribution < 1.29 is 13.2 Å². The van der Waals surface area contributed by atoms with Gasteiger partial charge < -0.3 is 0 Å². The number of nitrogens with zero attached hydrogens (tertiary/aromatic N) is 1. The van der Waals surface area contributed by atoms with Crippen LogP contribution in [-0.2, 0) is 6.18 Å². The minimum atomic E-state index is -4.55. The number of hydrogen-bond donors (Lipinski definition) is 0. The number of thioether (sulfide) groups is 1. The smallest absolute Gasteiger partial charge is 0.249 e. The molecule has 7 heteroatoms. The topological polar surface area (TPSA) is 12.9 Å². The number of alkyl halides is 3. The van der Waals surface area contributed by atoms with E-state index in [1.165, 1.54) is 0 Å². The summed E-state index contributed by atoms with van der Waals surface area (Å²) in [7, 11) is 0. The van der Waals surface area contributed by atoms with Crippen LogP contribution >= 0.6 is 35.0 Å². The van der Waals surface area contributed by atoms with E-state index in [0.717, 1.165) is 18.0 Å². The van der Waals surface area contributed by atoms with Gasteiger partial charge in [0.15, 0.2) is 5.69 Å². The molecular weight excluding hydrogens is 258 g/mol. The zero-order valence-electron chi connectivity index (χ0n) is 6.82. The van der Waals surface area contributed by atoms with Crippen LogP contribution in [0.5, 0.6) is 0 Å². The maximum absolute atomic E-state index is 12.3. The van der Waals surface area contributed by atoms with Crippen LogP contribution in [0.4, 0.5) is 13.2 Å². The molecule has 0 aliphatic heterocycles. The van der Waals surface area contributed by atoms with Crippen LogP contribution in [0.3, 0.4) is 0 Å². The van der Waals surface area contributed by atoms with Gasteiger partial charge in [0.05, 0.1) is 10.0 Å². The Morgan fingerprint density at radius 1 is 1.36 bits per heavy atom. The van der Waals surface area contributed by atoms with Gasteiger partial charge in [-0.1, -0.05) is 23.2 Å².